The van der Waals surface area contributed by atoms with E-state index < -0.39 is 4.92 Å². The van der Waals surface area contributed by atoms with E-state index >= 15 is 0 Å². The SMILES string of the molecule is N#CCc1c(-c2ccccc2)nc2ccc([N+](=O)[O-])cn12. The molecule has 0 saturated carbocycles. The fourth-order valence-corrected chi connectivity index (χ4v) is 2.26. The molecule has 2 heterocycles. The minimum atomic E-state index is -0.461. The van der Waals surface area contributed by atoms with Crippen LogP contribution in [0.15, 0.2) is 48.7 Å². The van der Waals surface area contributed by atoms with Gasteiger partial charge in [-0.3, -0.25) is 14.5 Å². The molecule has 3 rings (SSSR count). The molecule has 2 aromatic heterocycles. The highest BCUT2D eigenvalue weighted by Crippen LogP contribution is 2.26. The van der Waals surface area contributed by atoms with Gasteiger partial charge < -0.3 is 0 Å². The fraction of sp³-hybridized carbons (Fsp3) is 0.0667. The summed E-state index contributed by atoms with van der Waals surface area (Å²) in [6.07, 6.45) is 1.54. The Hall–Kier alpha value is -3.20. The average molecular weight is 278 g/mol. The Kier molecular flexibility index (Phi) is 3.09. The molecule has 0 amide bonds. The van der Waals surface area contributed by atoms with Gasteiger partial charge in [-0.2, -0.15) is 5.26 Å². The zero-order valence-corrected chi connectivity index (χ0v) is 10.9. The van der Waals surface area contributed by atoms with Gasteiger partial charge in [0.2, 0.25) is 0 Å². The van der Waals surface area contributed by atoms with Crippen molar-refractivity contribution < 1.29 is 4.92 Å². The van der Waals surface area contributed by atoms with E-state index in [-0.39, 0.29) is 12.1 Å². The number of imidazole rings is 1. The van der Waals surface area contributed by atoms with Gasteiger partial charge in [0.15, 0.2) is 0 Å². The van der Waals surface area contributed by atoms with Gasteiger partial charge in [0.1, 0.15) is 5.65 Å². The van der Waals surface area contributed by atoms with Crippen molar-refractivity contribution in [1.29, 1.82) is 5.26 Å². The standard InChI is InChI=1S/C15H10N4O2/c16-9-8-13-15(11-4-2-1-3-5-11)17-14-7-6-12(19(20)21)10-18(13)14/h1-7,10H,8H2. The lowest BCUT2D eigenvalue weighted by Gasteiger charge is -2.01. The van der Waals surface area contributed by atoms with Gasteiger partial charge in [0.25, 0.3) is 5.69 Å². The van der Waals surface area contributed by atoms with Crippen molar-refractivity contribution in [2.24, 2.45) is 0 Å². The van der Waals surface area contributed by atoms with Crippen molar-refractivity contribution in [3.05, 3.63) is 64.5 Å². The maximum Gasteiger partial charge on any atom is 0.286 e. The average Bonchev–Trinajstić information content (AvgIpc) is 2.86. The third-order valence-corrected chi connectivity index (χ3v) is 3.21. The number of fused-ring (bicyclic) bond motifs is 1. The number of nitro groups is 1. The Labute approximate surface area is 120 Å². The lowest BCUT2D eigenvalue weighted by Crippen LogP contribution is -1.96. The van der Waals surface area contributed by atoms with Gasteiger partial charge >= 0.3 is 0 Å². The summed E-state index contributed by atoms with van der Waals surface area (Å²) in [5, 5.41) is 19.9. The minimum Gasteiger partial charge on any atom is -0.295 e. The molecule has 0 aliphatic rings. The van der Waals surface area contributed by atoms with Crippen molar-refractivity contribution in [2.75, 3.05) is 0 Å². The van der Waals surface area contributed by atoms with Crippen molar-refractivity contribution in [3.63, 3.8) is 0 Å². The maximum atomic E-state index is 10.9. The second kappa shape index (κ2) is 5.06. The lowest BCUT2D eigenvalue weighted by atomic mass is 10.1. The van der Waals surface area contributed by atoms with Gasteiger partial charge in [-0.05, 0) is 6.07 Å². The number of pyridine rings is 1. The molecule has 0 aliphatic heterocycles. The number of hydrogen-bond acceptors (Lipinski definition) is 4. The summed E-state index contributed by atoms with van der Waals surface area (Å²) in [5.41, 5.74) is 2.78. The molecule has 6 heteroatoms. The van der Waals surface area contributed by atoms with Crippen LogP contribution in [0, 0.1) is 21.4 Å². The van der Waals surface area contributed by atoms with Crippen molar-refractivity contribution >= 4 is 11.3 Å². The van der Waals surface area contributed by atoms with Crippen LogP contribution >= 0.6 is 0 Å². The minimum absolute atomic E-state index is 0.0290. The molecule has 6 nitrogen and oxygen atoms in total. The highest BCUT2D eigenvalue weighted by Gasteiger charge is 2.16. The number of aromatic nitrogens is 2. The normalized spacial score (nSPS) is 10.4. The van der Waals surface area contributed by atoms with Crippen molar-refractivity contribution in [2.45, 2.75) is 6.42 Å². The topological polar surface area (TPSA) is 84.2 Å². The number of benzene rings is 1. The second-order valence-corrected chi connectivity index (χ2v) is 4.48. The summed E-state index contributed by atoms with van der Waals surface area (Å²) in [7, 11) is 0. The van der Waals surface area contributed by atoms with Crippen LogP contribution in [0.5, 0.6) is 0 Å². The molecule has 0 saturated heterocycles. The molecule has 0 atom stereocenters. The largest absolute Gasteiger partial charge is 0.295 e. The summed E-state index contributed by atoms with van der Waals surface area (Å²) in [5.74, 6) is 0. The summed E-state index contributed by atoms with van der Waals surface area (Å²) < 4.78 is 1.61. The maximum absolute atomic E-state index is 10.9. The Morgan fingerprint density at radius 3 is 2.67 bits per heavy atom. The molecule has 0 spiro atoms. The van der Waals surface area contributed by atoms with Gasteiger partial charge in [0, 0.05) is 11.6 Å². The van der Waals surface area contributed by atoms with Gasteiger partial charge in [-0.25, -0.2) is 4.98 Å². The van der Waals surface area contributed by atoms with Crippen LogP contribution in [0.2, 0.25) is 0 Å². The Bertz CT molecular complexity index is 863. The zero-order chi connectivity index (χ0) is 14.8. The van der Waals surface area contributed by atoms with E-state index in [4.69, 9.17) is 5.26 Å². The first-order chi connectivity index (χ1) is 10.2. The van der Waals surface area contributed by atoms with Crippen LogP contribution in [0.25, 0.3) is 16.9 Å². The highest BCUT2D eigenvalue weighted by molar-refractivity contribution is 5.67. The number of rotatable bonds is 3. The first-order valence-electron chi connectivity index (χ1n) is 6.28. The van der Waals surface area contributed by atoms with Gasteiger partial charge in [-0.15, -0.1) is 0 Å². The molecule has 102 valence electrons. The van der Waals surface area contributed by atoms with Crippen LogP contribution in [0.3, 0.4) is 0 Å². The van der Waals surface area contributed by atoms with Crippen LogP contribution in [0.1, 0.15) is 5.69 Å². The molecule has 0 N–H and O–H groups in total. The van der Waals surface area contributed by atoms with Gasteiger partial charge in [-0.1, -0.05) is 30.3 Å². The predicted molar refractivity (Wildman–Crippen MR) is 76.6 cm³/mol. The molecule has 0 radical (unpaired) electrons. The van der Waals surface area contributed by atoms with E-state index in [1.165, 1.54) is 12.3 Å². The van der Waals surface area contributed by atoms with E-state index in [2.05, 4.69) is 11.1 Å². The number of hydrogen-bond donors (Lipinski definition) is 0. The summed E-state index contributed by atoms with van der Waals surface area (Å²) in [6.45, 7) is 0. The van der Waals surface area contributed by atoms with Crippen LogP contribution in [-0.4, -0.2) is 14.3 Å². The lowest BCUT2D eigenvalue weighted by molar-refractivity contribution is -0.385. The Balaban J connectivity index is 2.28. The quantitative estimate of drug-likeness (QED) is 0.544. The van der Waals surface area contributed by atoms with Crippen LogP contribution in [-0.2, 0) is 6.42 Å². The van der Waals surface area contributed by atoms with E-state index in [1.54, 1.807) is 10.5 Å². The third-order valence-electron chi connectivity index (χ3n) is 3.21. The van der Waals surface area contributed by atoms with E-state index in [0.29, 0.717) is 17.0 Å². The molecule has 3 aromatic rings. The van der Waals surface area contributed by atoms with Gasteiger partial charge in [0.05, 0.1) is 35.0 Å². The first kappa shape index (κ1) is 12.8. The summed E-state index contributed by atoms with van der Waals surface area (Å²) in [4.78, 5) is 14.9. The molecule has 0 unspecified atom stereocenters. The van der Waals surface area contributed by atoms with E-state index in [9.17, 15) is 10.1 Å². The molecule has 0 bridgehead atoms. The Morgan fingerprint density at radius 1 is 1.24 bits per heavy atom. The number of nitrogens with zero attached hydrogens (tertiary/aromatic N) is 4. The summed E-state index contributed by atoms with van der Waals surface area (Å²) in [6, 6.07) is 14.6. The van der Waals surface area contributed by atoms with E-state index in [1.807, 2.05) is 30.3 Å². The van der Waals surface area contributed by atoms with E-state index in [0.717, 1.165) is 5.56 Å². The van der Waals surface area contributed by atoms with Crippen molar-refractivity contribution in [3.8, 4) is 17.3 Å². The van der Waals surface area contributed by atoms with Crippen LogP contribution < -0.4 is 0 Å². The monoisotopic (exact) mass is 278 g/mol. The second-order valence-electron chi connectivity index (χ2n) is 4.48. The molecule has 1 aromatic carbocycles. The van der Waals surface area contributed by atoms with Crippen LogP contribution in [0.4, 0.5) is 5.69 Å². The molecule has 0 fully saturated rings. The van der Waals surface area contributed by atoms with Crippen molar-refractivity contribution in [1.82, 2.24) is 9.38 Å². The Morgan fingerprint density at radius 2 is 2.00 bits per heavy atom. The number of nitriles is 1. The summed E-state index contributed by atoms with van der Waals surface area (Å²) >= 11 is 0. The highest BCUT2D eigenvalue weighted by atomic mass is 16.6. The molecular weight excluding hydrogens is 268 g/mol. The zero-order valence-electron chi connectivity index (χ0n) is 10.9. The molecular formula is C15H10N4O2. The predicted octanol–water partition coefficient (Wildman–Crippen LogP) is 2.98. The smallest absolute Gasteiger partial charge is 0.286 e. The molecule has 21 heavy (non-hydrogen) atoms. The third kappa shape index (κ3) is 2.21. The fourth-order valence-electron chi connectivity index (χ4n) is 2.26. The first-order valence-corrected chi connectivity index (χ1v) is 6.28. The molecule has 0 aliphatic carbocycles.